The molecule has 4 heteroatoms. The fraction of sp³-hybridized carbons (Fsp3) is 0.222. The van der Waals surface area contributed by atoms with Gasteiger partial charge >= 0.3 is 0 Å². The molecule has 0 atom stereocenters. The third-order valence-corrected chi connectivity index (χ3v) is 2.47. The van der Waals surface area contributed by atoms with Crippen molar-refractivity contribution in [3.05, 3.63) is 28.3 Å². The predicted molar refractivity (Wildman–Crippen MR) is 61.4 cm³/mol. The molecule has 0 aromatic heterocycles. The molecule has 1 aromatic rings. The first kappa shape index (κ1) is 10.3. The van der Waals surface area contributed by atoms with Crippen molar-refractivity contribution in [2.75, 3.05) is 12.8 Å². The van der Waals surface area contributed by atoms with Gasteiger partial charge in [0.2, 0.25) is 0 Å². The van der Waals surface area contributed by atoms with E-state index in [1.807, 2.05) is 13.0 Å². The van der Waals surface area contributed by atoms with Crippen molar-refractivity contribution in [2.24, 2.45) is 0 Å². The highest BCUT2D eigenvalue weighted by Gasteiger charge is 2.07. The molecule has 0 unspecified atom stereocenters. The molecule has 70 valence electrons. The quantitative estimate of drug-likeness (QED) is 0.556. The largest absolute Gasteiger partial charge is 0.398 e. The number of halogens is 1. The number of nitrogen functional groups attached to an aromatic ring is 1. The summed E-state index contributed by atoms with van der Waals surface area (Å²) in [6.07, 6.45) is 0. The van der Waals surface area contributed by atoms with Crippen LogP contribution in [-0.2, 0) is 0 Å². The van der Waals surface area contributed by atoms with E-state index >= 15 is 0 Å². The lowest BCUT2D eigenvalue weighted by molar-refractivity contribution is 1.20. The van der Waals surface area contributed by atoms with E-state index in [0.29, 0.717) is 15.7 Å². The van der Waals surface area contributed by atoms with Crippen molar-refractivity contribution in [2.45, 2.75) is 6.92 Å². The molecule has 0 aliphatic heterocycles. The van der Waals surface area contributed by atoms with Gasteiger partial charge in [-0.05, 0) is 24.6 Å². The number of benzene rings is 1. The third-order valence-electron chi connectivity index (χ3n) is 1.82. The molecular weight excluding hydrogens is 204 g/mol. The number of aryl methyl sites for hydroxylation is 1. The van der Waals surface area contributed by atoms with Crippen molar-refractivity contribution < 1.29 is 0 Å². The second-order valence-electron chi connectivity index (χ2n) is 2.76. The molecular formula is C9H11ClN2S. The van der Waals surface area contributed by atoms with Gasteiger partial charge in [-0.15, -0.1) is 0 Å². The Bertz CT molecular complexity index is 350. The van der Waals surface area contributed by atoms with Crippen LogP contribution >= 0.6 is 23.8 Å². The molecule has 0 spiro atoms. The average Bonchev–Trinajstić information content (AvgIpc) is 2.10. The minimum atomic E-state index is 0.614. The van der Waals surface area contributed by atoms with Crippen LogP contribution in [0.3, 0.4) is 0 Å². The van der Waals surface area contributed by atoms with E-state index in [2.05, 4.69) is 5.32 Å². The maximum atomic E-state index is 5.88. The lowest BCUT2D eigenvalue weighted by Gasteiger charge is -2.09. The van der Waals surface area contributed by atoms with Crippen LogP contribution in [0.25, 0.3) is 0 Å². The van der Waals surface area contributed by atoms with Crippen molar-refractivity contribution in [3.8, 4) is 0 Å². The number of hydrogen-bond acceptors (Lipinski definition) is 2. The Labute approximate surface area is 88.1 Å². The van der Waals surface area contributed by atoms with E-state index in [1.165, 1.54) is 0 Å². The number of nitrogens with two attached hydrogens (primary N) is 1. The molecule has 0 fully saturated rings. The van der Waals surface area contributed by atoms with Crippen LogP contribution < -0.4 is 11.1 Å². The molecule has 0 amide bonds. The van der Waals surface area contributed by atoms with Gasteiger partial charge in [0, 0.05) is 23.3 Å². The lowest BCUT2D eigenvalue weighted by atomic mass is 10.1. The smallest absolute Gasteiger partial charge is 0.108 e. The Hall–Kier alpha value is -0.800. The monoisotopic (exact) mass is 214 g/mol. The van der Waals surface area contributed by atoms with Crippen LogP contribution in [0, 0.1) is 6.92 Å². The first-order valence-electron chi connectivity index (χ1n) is 3.84. The van der Waals surface area contributed by atoms with E-state index < -0.39 is 0 Å². The third kappa shape index (κ3) is 2.11. The summed E-state index contributed by atoms with van der Waals surface area (Å²) in [6.45, 7) is 1.91. The van der Waals surface area contributed by atoms with E-state index in [4.69, 9.17) is 29.6 Å². The van der Waals surface area contributed by atoms with Crippen LogP contribution in [0.2, 0.25) is 5.02 Å². The molecule has 0 heterocycles. The van der Waals surface area contributed by atoms with Gasteiger partial charge < -0.3 is 11.1 Å². The lowest BCUT2D eigenvalue weighted by Crippen LogP contribution is -2.18. The van der Waals surface area contributed by atoms with Gasteiger partial charge in [-0.3, -0.25) is 0 Å². The Morgan fingerprint density at radius 2 is 2.15 bits per heavy atom. The van der Waals surface area contributed by atoms with Crippen molar-refractivity contribution >= 4 is 34.5 Å². The normalized spacial score (nSPS) is 9.77. The van der Waals surface area contributed by atoms with E-state index in [0.717, 1.165) is 11.1 Å². The summed E-state index contributed by atoms with van der Waals surface area (Å²) in [7, 11) is 1.76. The SMILES string of the molecule is CNC(=S)c1cc(Cl)cc(C)c1N. The molecule has 1 aromatic carbocycles. The fourth-order valence-electron chi connectivity index (χ4n) is 1.08. The Kier molecular flexibility index (Phi) is 3.12. The molecule has 0 aliphatic rings. The van der Waals surface area contributed by atoms with Crippen LogP contribution in [0.1, 0.15) is 11.1 Å². The van der Waals surface area contributed by atoms with Gasteiger partial charge in [-0.1, -0.05) is 23.8 Å². The molecule has 2 nitrogen and oxygen atoms in total. The summed E-state index contributed by atoms with van der Waals surface area (Å²) < 4.78 is 0. The molecule has 0 saturated heterocycles. The van der Waals surface area contributed by atoms with Gasteiger partial charge in [0.1, 0.15) is 4.99 Å². The summed E-state index contributed by atoms with van der Waals surface area (Å²) in [5, 5.41) is 3.52. The maximum Gasteiger partial charge on any atom is 0.108 e. The zero-order valence-corrected chi connectivity index (χ0v) is 9.09. The molecule has 1 rings (SSSR count). The van der Waals surface area contributed by atoms with Crippen molar-refractivity contribution in [1.29, 1.82) is 0 Å². The fourth-order valence-corrected chi connectivity index (χ4v) is 1.52. The van der Waals surface area contributed by atoms with Crippen molar-refractivity contribution in [1.82, 2.24) is 5.32 Å². The summed E-state index contributed by atoms with van der Waals surface area (Å²) in [5.74, 6) is 0. The minimum Gasteiger partial charge on any atom is -0.398 e. The average molecular weight is 215 g/mol. The van der Waals surface area contributed by atoms with Crippen LogP contribution in [0.15, 0.2) is 12.1 Å². The van der Waals surface area contributed by atoms with Crippen LogP contribution in [0.4, 0.5) is 5.69 Å². The Balaban J connectivity index is 3.28. The highest BCUT2D eigenvalue weighted by atomic mass is 35.5. The van der Waals surface area contributed by atoms with E-state index in [-0.39, 0.29) is 0 Å². The second kappa shape index (κ2) is 3.94. The second-order valence-corrected chi connectivity index (χ2v) is 3.61. The van der Waals surface area contributed by atoms with Gasteiger partial charge in [0.05, 0.1) is 0 Å². The molecule has 13 heavy (non-hydrogen) atoms. The van der Waals surface area contributed by atoms with E-state index in [9.17, 15) is 0 Å². The summed E-state index contributed by atoms with van der Waals surface area (Å²) in [6, 6.07) is 3.58. The summed E-state index contributed by atoms with van der Waals surface area (Å²) >= 11 is 11.0. The standard InChI is InChI=1S/C9H11ClN2S/c1-5-3-6(10)4-7(8(5)11)9(13)12-2/h3-4H,11H2,1-2H3,(H,12,13). The van der Waals surface area contributed by atoms with Crippen LogP contribution in [0.5, 0.6) is 0 Å². The molecule has 0 saturated carbocycles. The van der Waals surface area contributed by atoms with Crippen LogP contribution in [-0.4, -0.2) is 12.0 Å². The maximum absolute atomic E-state index is 5.88. The highest BCUT2D eigenvalue weighted by molar-refractivity contribution is 7.80. The number of anilines is 1. The molecule has 0 radical (unpaired) electrons. The summed E-state index contributed by atoms with van der Waals surface area (Å²) in [4.78, 5) is 0.614. The zero-order chi connectivity index (χ0) is 10.0. The van der Waals surface area contributed by atoms with E-state index in [1.54, 1.807) is 13.1 Å². The first-order valence-corrected chi connectivity index (χ1v) is 4.62. The molecule has 0 aliphatic carbocycles. The van der Waals surface area contributed by atoms with Gasteiger partial charge in [0.25, 0.3) is 0 Å². The predicted octanol–water partition coefficient (Wildman–Crippen LogP) is 2.13. The minimum absolute atomic E-state index is 0.614. The number of hydrogen-bond donors (Lipinski definition) is 2. The highest BCUT2D eigenvalue weighted by Crippen LogP contribution is 2.22. The topological polar surface area (TPSA) is 38.0 Å². The van der Waals surface area contributed by atoms with Gasteiger partial charge in [-0.2, -0.15) is 0 Å². The van der Waals surface area contributed by atoms with Gasteiger partial charge in [0.15, 0.2) is 0 Å². The van der Waals surface area contributed by atoms with Crippen molar-refractivity contribution in [3.63, 3.8) is 0 Å². The number of rotatable bonds is 1. The molecule has 0 bridgehead atoms. The Morgan fingerprint density at radius 3 is 2.69 bits per heavy atom. The Morgan fingerprint density at radius 1 is 1.54 bits per heavy atom. The number of nitrogens with one attached hydrogen (secondary N) is 1. The zero-order valence-electron chi connectivity index (χ0n) is 7.52. The first-order chi connectivity index (χ1) is 6.06. The molecule has 3 N–H and O–H groups in total. The summed E-state index contributed by atoms with van der Waals surface area (Å²) in [5.41, 5.74) is 8.26. The van der Waals surface area contributed by atoms with Gasteiger partial charge in [-0.25, -0.2) is 0 Å². The number of thiocarbonyl (C=S) groups is 1.